The fourth-order valence-electron chi connectivity index (χ4n) is 4.74. The number of ether oxygens (including phenoxy) is 1. The van der Waals surface area contributed by atoms with Gasteiger partial charge < -0.3 is 20.7 Å². The van der Waals surface area contributed by atoms with E-state index in [0.29, 0.717) is 28.9 Å². The zero-order chi connectivity index (χ0) is 25.7. The van der Waals surface area contributed by atoms with Gasteiger partial charge in [-0.2, -0.15) is 5.10 Å². The number of anilines is 1. The number of halogens is 1. The van der Waals surface area contributed by atoms with E-state index in [0.717, 1.165) is 38.3 Å². The highest BCUT2D eigenvalue weighted by Gasteiger charge is 2.29. The zero-order valence-corrected chi connectivity index (χ0v) is 20.5. The smallest absolute Gasteiger partial charge is 0.164 e. The molecule has 4 heterocycles. The van der Waals surface area contributed by atoms with Gasteiger partial charge in [0.1, 0.15) is 41.8 Å². The van der Waals surface area contributed by atoms with Crippen LogP contribution < -0.4 is 10.5 Å². The Morgan fingerprint density at radius 3 is 2.78 bits per heavy atom. The van der Waals surface area contributed by atoms with Crippen molar-refractivity contribution >= 4 is 33.8 Å². The number of phenolic OH excluding ortho intramolecular Hbond substituents is 1. The number of rotatable bonds is 5. The summed E-state index contributed by atoms with van der Waals surface area (Å²) in [5, 5.41) is 25.0. The lowest BCUT2D eigenvalue weighted by molar-refractivity contribution is 0.285. The molecule has 5 aromatic rings. The minimum atomic E-state index is -0.596. The van der Waals surface area contributed by atoms with Gasteiger partial charge in [0.25, 0.3) is 0 Å². The maximum Gasteiger partial charge on any atom is 0.164 e. The summed E-state index contributed by atoms with van der Waals surface area (Å²) < 4.78 is 22.1. The third-order valence-electron chi connectivity index (χ3n) is 6.47. The first-order chi connectivity index (χ1) is 17.9. The van der Waals surface area contributed by atoms with Gasteiger partial charge in [0.15, 0.2) is 5.65 Å². The minimum Gasteiger partial charge on any atom is -0.508 e. The van der Waals surface area contributed by atoms with E-state index in [1.54, 1.807) is 4.68 Å². The Hall–Kier alpha value is -4.28. The van der Waals surface area contributed by atoms with Crippen molar-refractivity contribution in [1.82, 2.24) is 19.7 Å². The Morgan fingerprint density at radius 1 is 1.16 bits per heavy atom. The fourth-order valence-corrected chi connectivity index (χ4v) is 5.71. The highest BCUT2D eigenvalue weighted by molar-refractivity contribution is 7.13. The van der Waals surface area contributed by atoms with Crippen molar-refractivity contribution in [2.75, 3.05) is 12.3 Å². The summed E-state index contributed by atoms with van der Waals surface area (Å²) >= 11 is 1.52. The highest BCUT2D eigenvalue weighted by atomic mass is 32.1. The largest absolute Gasteiger partial charge is 0.508 e. The van der Waals surface area contributed by atoms with E-state index in [4.69, 9.17) is 15.6 Å². The Morgan fingerprint density at radius 2 is 2.00 bits per heavy atom. The fraction of sp³-hybridized carbons (Fsp3) is 0.148. The highest BCUT2D eigenvalue weighted by Crippen LogP contribution is 2.44. The number of aromatic nitrogens is 4. The van der Waals surface area contributed by atoms with Gasteiger partial charge in [-0.3, -0.25) is 0 Å². The molecule has 0 radical (unpaired) electrons. The number of nitrogens with zero attached hydrogens (tertiary/aromatic N) is 4. The summed E-state index contributed by atoms with van der Waals surface area (Å²) in [4.78, 5) is 10.5. The van der Waals surface area contributed by atoms with Crippen molar-refractivity contribution in [2.24, 2.45) is 0 Å². The first-order valence-electron chi connectivity index (χ1n) is 11.6. The topological polar surface area (TPSA) is 119 Å². The van der Waals surface area contributed by atoms with E-state index >= 15 is 0 Å². The summed E-state index contributed by atoms with van der Waals surface area (Å²) in [6, 6.07) is 15.2. The van der Waals surface area contributed by atoms with Crippen LogP contribution >= 0.6 is 11.3 Å². The van der Waals surface area contributed by atoms with E-state index in [1.165, 1.54) is 29.8 Å². The molecule has 186 valence electrons. The third-order valence-corrected chi connectivity index (χ3v) is 7.56. The Kier molecular flexibility index (Phi) is 5.62. The van der Waals surface area contributed by atoms with Gasteiger partial charge in [-0.25, -0.2) is 19.0 Å². The molecule has 0 spiro atoms. The monoisotopic (exact) mass is 515 g/mol. The van der Waals surface area contributed by atoms with Gasteiger partial charge in [-0.05, 0) is 37.3 Å². The van der Waals surface area contributed by atoms with Crippen LogP contribution in [0, 0.1) is 5.82 Å². The molecule has 1 unspecified atom stereocenters. The standard InChI is InChI=1S/C27H22FN5O3S/c1-14(20-12-36-21-5-3-2-4-19(21)23(20)22-7-6-18(11-34)37-22)33-27-24(26(29)30-13-31-27)25(32-33)15-8-16(28)10-17(35)9-15/h2-10,13-14,34-35H,11-12H2,1H3,(H2,29,30,31). The predicted octanol–water partition coefficient (Wildman–Crippen LogP) is 4.93. The van der Waals surface area contributed by atoms with Crippen LogP contribution in [0.2, 0.25) is 0 Å². The number of hydrogen-bond donors (Lipinski definition) is 3. The third kappa shape index (κ3) is 3.90. The van der Waals surface area contributed by atoms with Gasteiger partial charge in [0.05, 0.1) is 18.0 Å². The molecule has 0 fully saturated rings. The lowest BCUT2D eigenvalue weighted by Gasteiger charge is -2.27. The second-order valence-corrected chi connectivity index (χ2v) is 9.90. The molecular weight excluding hydrogens is 493 g/mol. The van der Waals surface area contributed by atoms with Crippen LogP contribution in [-0.4, -0.2) is 36.6 Å². The first kappa shape index (κ1) is 23.1. The van der Waals surface area contributed by atoms with Crippen LogP contribution in [0.1, 0.15) is 28.3 Å². The molecule has 0 amide bonds. The molecule has 1 atom stereocenters. The molecule has 3 aromatic heterocycles. The van der Waals surface area contributed by atoms with E-state index in [2.05, 4.69) is 9.97 Å². The van der Waals surface area contributed by atoms with Crippen LogP contribution in [0.5, 0.6) is 11.5 Å². The van der Waals surface area contributed by atoms with Crippen LogP contribution in [0.25, 0.3) is 27.9 Å². The number of nitrogen functional groups attached to an aromatic ring is 1. The van der Waals surface area contributed by atoms with Crippen molar-refractivity contribution in [3.8, 4) is 22.8 Å². The summed E-state index contributed by atoms with van der Waals surface area (Å²) in [6.07, 6.45) is 1.37. The number of para-hydroxylation sites is 1. The van der Waals surface area contributed by atoms with E-state index in [9.17, 15) is 14.6 Å². The van der Waals surface area contributed by atoms with Crippen molar-refractivity contribution < 1.29 is 19.3 Å². The number of thiophene rings is 1. The van der Waals surface area contributed by atoms with E-state index in [-0.39, 0.29) is 24.2 Å². The molecule has 2 aromatic carbocycles. The van der Waals surface area contributed by atoms with Crippen molar-refractivity contribution in [3.63, 3.8) is 0 Å². The molecule has 0 saturated carbocycles. The quantitative estimate of drug-likeness (QED) is 0.304. The average Bonchev–Trinajstić information content (AvgIpc) is 3.53. The molecule has 37 heavy (non-hydrogen) atoms. The Labute approximate surface area is 215 Å². The van der Waals surface area contributed by atoms with Gasteiger partial charge in [0.2, 0.25) is 0 Å². The minimum absolute atomic E-state index is 0.0369. The summed E-state index contributed by atoms with van der Waals surface area (Å²) in [5.41, 5.74) is 10.4. The average molecular weight is 516 g/mol. The van der Waals surface area contributed by atoms with Crippen molar-refractivity contribution in [2.45, 2.75) is 19.6 Å². The Bertz CT molecular complexity index is 1670. The summed E-state index contributed by atoms with van der Waals surface area (Å²) in [5.74, 6) is 0.161. The number of fused-ring (bicyclic) bond motifs is 2. The number of aromatic hydroxyl groups is 1. The van der Waals surface area contributed by atoms with Gasteiger partial charge in [-0.1, -0.05) is 18.2 Å². The maximum absolute atomic E-state index is 14.2. The lowest BCUT2D eigenvalue weighted by Crippen LogP contribution is -2.20. The molecular formula is C27H22FN5O3S. The second-order valence-electron chi connectivity index (χ2n) is 8.73. The zero-order valence-electron chi connectivity index (χ0n) is 19.7. The Balaban J connectivity index is 1.59. The first-order valence-corrected chi connectivity index (χ1v) is 12.4. The predicted molar refractivity (Wildman–Crippen MR) is 140 cm³/mol. The summed E-state index contributed by atoms with van der Waals surface area (Å²) in [6.45, 7) is 2.27. The molecule has 1 aliphatic heterocycles. The normalized spacial score (nSPS) is 14.0. The van der Waals surface area contributed by atoms with Crippen molar-refractivity contribution in [3.05, 3.63) is 87.6 Å². The van der Waals surface area contributed by atoms with Gasteiger partial charge in [-0.15, -0.1) is 11.3 Å². The van der Waals surface area contributed by atoms with Gasteiger partial charge in [0, 0.05) is 38.1 Å². The molecule has 0 bridgehead atoms. The molecule has 0 aliphatic carbocycles. The maximum atomic E-state index is 14.2. The van der Waals surface area contributed by atoms with E-state index < -0.39 is 5.82 Å². The number of aliphatic hydroxyl groups excluding tert-OH is 1. The molecule has 8 nitrogen and oxygen atoms in total. The van der Waals surface area contributed by atoms with Crippen LogP contribution in [0.15, 0.2) is 66.5 Å². The molecule has 0 saturated heterocycles. The van der Waals surface area contributed by atoms with E-state index in [1.807, 2.05) is 43.3 Å². The number of nitrogens with two attached hydrogens (primary N) is 1. The molecule has 6 rings (SSSR count). The second kappa shape index (κ2) is 8.99. The molecule has 4 N–H and O–H groups in total. The van der Waals surface area contributed by atoms with Crippen LogP contribution in [0.4, 0.5) is 10.2 Å². The molecule has 1 aliphatic rings. The van der Waals surface area contributed by atoms with Crippen LogP contribution in [0.3, 0.4) is 0 Å². The summed E-state index contributed by atoms with van der Waals surface area (Å²) in [7, 11) is 0. The van der Waals surface area contributed by atoms with Gasteiger partial charge >= 0.3 is 0 Å². The SMILES string of the molecule is CC(C1=C(c2ccc(CO)s2)c2ccccc2OC1)n1nc(-c2cc(O)cc(F)c2)c2c(N)ncnc21. The van der Waals surface area contributed by atoms with Crippen molar-refractivity contribution in [1.29, 1.82) is 0 Å². The number of phenols is 1. The lowest BCUT2D eigenvalue weighted by atomic mass is 9.92. The number of benzene rings is 2. The number of hydrogen-bond acceptors (Lipinski definition) is 8. The van der Waals surface area contributed by atoms with Crippen LogP contribution in [-0.2, 0) is 6.61 Å². The molecule has 10 heteroatoms. The number of aliphatic hydroxyl groups is 1.